The van der Waals surface area contributed by atoms with Gasteiger partial charge in [0.15, 0.2) is 0 Å². The number of hydrogen-bond donors (Lipinski definition) is 1. The molecule has 19 heavy (non-hydrogen) atoms. The van der Waals surface area contributed by atoms with Gasteiger partial charge in [0.2, 0.25) is 0 Å². The molecule has 4 nitrogen and oxygen atoms in total. The minimum atomic E-state index is -0.725. The van der Waals surface area contributed by atoms with Crippen molar-refractivity contribution >= 4 is 5.97 Å². The van der Waals surface area contributed by atoms with E-state index < -0.39 is 11.4 Å². The first-order valence-corrected chi connectivity index (χ1v) is 6.57. The third-order valence-corrected chi connectivity index (χ3v) is 4.24. The van der Waals surface area contributed by atoms with Gasteiger partial charge in [-0.1, -0.05) is 6.92 Å². The average Bonchev–Trinajstić information content (AvgIpc) is 2.84. The van der Waals surface area contributed by atoms with Gasteiger partial charge in [-0.3, -0.25) is 14.7 Å². The number of nitrogens with zero attached hydrogens (tertiary/aromatic N) is 2. The lowest BCUT2D eigenvalue weighted by atomic mass is 9.84. The molecule has 1 saturated heterocycles. The molecule has 1 aliphatic rings. The fourth-order valence-electron chi connectivity index (χ4n) is 2.67. The molecule has 1 N–H and O–H groups in total. The molecule has 0 saturated carbocycles. The summed E-state index contributed by atoms with van der Waals surface area (Å²) in [6, 6.07) is 3.06. The van der Waals surface area contributed by atoms with E-state index in [0.717, 1.165) is 12.2 Å². The maximum atomic E-state index is 12.9. The zero-order valence-electron chi connectivity index (χ0n) is 11.3. The number of pyridine rings is 1. The lowest BCUT2D eigenvalue weighted by Crippen LogP contribution is -2.35. The third-order valence-electron chi connectivity index (χ3n) is 4.24. The number of aromatic nitrogens is 1. The Morgan fingerprint density at radius 1 is 1.63 bits per heavy atom. The summed E-state index contributed by atoms with van der Waals surface area (Å²) in [6.07, 6.45) is 2.49. The smallest absolute Gasteiger partial charge is 0.310 e. The van der Waals surface area contributed by atoms with E-state index >= 15 is 0 Å². The van der Waals surface area contributed by atoms with E-state index in [4.69, 9.17) is 0 Å². The van der Waals surface area contributed by atoms with Gasteiger partial charge >= 0.3 is 5.97 Å². The number of carbonyl (C=O) groups is 1. The number of likely N-dealkylation sites (tertiary alicyclic amines) is 1. The molecule has 2 rings (SSSR count). The van der Waals surface area contributed by atoms with Crippen molar-refractivity contribution in [1.82, 2.24) is 9.88 Å². The van der Waals surface area contributed by atoms with Crippen LogP contribution in [0.25, 0.3) is 0 Å². The number of aliphatic carboxylic acids is 1. The van der Waals surface area contributed by atoms with Gasteiger partial charge in [0.25, 0.3) is 0 Å². The third kappa shape index (κ3) is 2.61. The largest absolute Gasteiger partial charge is 0.481 e. The first-order valence-electron chi connectivity index (χ1n) is 6.57. The lowest BCUT2D eigenvalue weighted by molar-refractivity contribution is -0.148. The van der Waals surface area contributed by atoms with Crippen LogP contribution < -0.4 is 0 Å². The minimum Gasteiger partial charge on any atom is -0.481 e. The Hall–Kier alpha value is -1.49. The zero-order valence-corrected chi connectivity index (χ0v) is 11.3. The van der Waals surface area contributed by atoms with Crippen molar-refractivity contribution in [1.29, 1.82) is 0 Å². The van der Waals surface area contributed by atoms with Crippen LogP contribution in [-0.4, -0.2) is 34.0 Å². The fraction of sp³-hybridized carbons (Fsp3) is 0.571. The number of halogens is 1. The first kappa shape index (κ1) is 13.9. The maximum absolute atomic E-state index is 12.9. The van der Waals surface area contributed by atoms with Gasteiger partial charge < -0.3 is 5.11 Å². The quantitative estimate of drug-likeness (QED) is 0.909. The predicted molar refractivity (Wildman–Crippen MR) is 69.2 cm³/mol. The standard InChI is InChI=1S/C14H19FN2O2/c1-3-14(13(18)19)6-7-17(9-14)10(2)12-5-4-11(15)8-16-12/h4-5,8,10H,3,6-7,9H2,1-2H3,(H,18,19). The Balaban J connectivity index is 2.12. The molecular formula is C14H19FN2O2. The SMILES string of the molecule is CCC1(C(=O)O)CCN(C(C)c2ccc(F)cn2)C1. The molecule has 2 atom stereocenters. The Kier molecular flexibility index (Phi) is 3.85. The van der Waals surface area contributed by atoms with E-state index in [9.17, 15) is 14.3 Å². The number of carboxylic acid groups (broad SMARTS) is 1. The van der Waals surface area contributed by atoms with Crippen molar-refractivity contribution in [2.45, 2.75) is 32.7 Å². The maximum Gasteiger partial charge on any atom is 0.310 e. The topological polar surface area (TPSA) is 53.4 Å². The van der Waals surface area contributed by atoms with Crippen LogP contribution in [0.5, 0.6) is 0 Å². The van der Waals surface area contributed by atoms with Crippen LogP contribution in [-0.2, 0) is 4.79 Å². The van der Waals surface area contributed by atoms with Gasteiger partial charge in [-0.15, -0.1) is 0 Å². The van der Waals surface area contributed by atoms with Crippen molar-refractivity contribution in [2.24, 2.45) is 5.41 Å². The Morgan fingerprint density at radius 3 is 2.84 bits per heavy atom. The number of hydrogen-bond acceptors (Lipinski definition) is 3. The molecule has 1 fully saturated rings. The molecule has 0 amide bonds. The summed E-state index contributed by atoms with van der Waals surface area (Å²) in [7, 11) is 0. The molecular weight excluding hydrogens is 247 g/mol. The molecule has 0 aliphatic carbocycles. The van der Waals surface area contributed by atoms with Crippen LogP contribution in [0.1, 0.15) is 38.4 Å². The van der Waals surface area contributed by atoms with Crippen molar-refractivity contribution in [3.8, 4) is 0 Å². The molecule has 0 spiro atoms. The zero-order chi connectivity index (χ0) is 14.0. The molecule has 0 bridgehead atoms. The highest BCUT2D eigenvalue weighted by atomic mass is 19.1. The van der Waals surface area contributed by atoms with E-state index in [-0.39, 0.29) is 11.9 Å². The molecule has 0 aromatic carbocycles. The van der Waals surface area contributed by atoms with Crippen LogP contribution in [0.3, 0.4) is 0 Å². The highest BCUT2D eigenvalue weighted by Crippen LogP contribution is 2.37. The predicted octanol–water partition coefficient (Wildman–Crippen LogP) is 2.47. The molecule has 104 valence electrons. The van der Waals surface area contributed by atoms with Crippen molar-refractivity contribution in [3.05, 3.63) is 29.8 Å². The Bertz CT molecular complexity index is 463. The number of rotatable bonds is 4. The minimum absolute atomic E-state index is 0.00775. The highest BCUT2D eigenvalue weighted by molar-refractivity contribution is 5.75. The van der Waals surface area contributed by atoms with E-state index in [1.165, 1.54) is 12.3 Å². The second-order valence-electron chi connectivity index (χ2n) is 5.24. The summed E-state index contributed by atoms with van der Waals surface area (Å²) in [4.78, 5) is 17.6. The molecule has 0 radical (unpaired) electrons. The normalized spacial score (nSPS) is 25.4. The Labute approximate surface area is 112 Å². The van der Waals surface area contributed by atoms with Gasteiger partial charge in [-0.05, 0) is 38.4 Å². The fourth-order valence-corrected chi connectivity index (χ4v) is 2.67. The second kappa shape index (κ2) is 5.25. The molecule has 5 heteroatoms. The van der Waals surface area contributed by atoms with Gasteiger partial charge in [0.1, 0.15) is 5.82 Å². The lowest BCUT2D eigenvalue weighted by Gasteiger charge is -2.27. The van der Waals surface area contributed by atoms with E-state index in [2.05, 4.69) is 9.88 Å². The molecule has 1 aromatic heterocycles. The van der Waals surface area contributed by atoms with Gasteiger partial charge in [-0.2, -0.15) is 0 Å². The van der Waals surface area contributed by atoms with Crippen molar-refractivity contribution < 1.29 is 14.3 Å². The van der Waals surface area contributed by atoms with Crippen LogP contribution >= 0.6 is 0 Å². The van der Waals surface area contributed by atoms with E-state index in [0.29, 0.717) is 19.4 Å². The van der Waals surface area contributed by atoms with Gasteiger partial charge in [-0.25, -0.2) is 4.39 Å². The van der Waals surface area contributed by atoms with Crippen LogP contribution in [0, 0.1) is 11.2 Å². The molecule has 1 aromatic rings. The van der Waals surface area contributed by atoms with Gasteiger partial charge in [0.05, 0.1) is 17.3 Å². The summed E-state index contributed by atoms with van der Waals surface area (Å²) in [5, 5.41) is 9.38. The summed E-state index contributed by atoms with van der Waals surface area (Å²) in [5.74, 6) is -1.08. The van der Waals surface area contributed by atoms with Gasteiger partial charge in [0, 0.05) is 12.6 Å². The molecule has 2 heterocycles. The van der Waals surface area contributed by atoms with Crippen molar-refractivity contribution in [2.75, 3.05) is 13.1 Å². The first-order chi connectivity index (χ1) is 8.98. The van der Waals surface area contributed by atoms with Crippen LogP contribution in [0.2, 0.25) is 0 Å². The van der Waals surface area contributed by atoms with Crippen molar-refractivity contribution in [3.63, 3.8) is 0 Å². The summed E-state index contributed by atoms with van der Waals surface area (Å²) >= 11 is 0. The average molecular weight is 266 g/mol. The highest BCUT2D eigenvalue weighted by Gasteiger charge is 2.44. The molecule has 1 aliphatic heterocycles. The number of carboxylic acids is 1. The van der Waals surface area contributed by atoms with E-state index in [1.54, 1.807) is 6.07 Å². The summed E-state index contributed by atoms with van der Waals surface area (Å²) in [5.41, 5.74) is 0.132. The Morgan fingerprint density at radius 2 is 2.37 bits per heavy atom. The van der Waals surface area contributed by atoms with Crippen LogP contribution in [0.4, 0.5) is 4.39 Å². The molecule has 2 unspecified atom stereocenters. The monoisotopic (exact) mass is 266 g/mol. The van der Waals surface area contributed by atoms with Crippen LogP contribution in [0.15, 0.2) is 18.3 Å². The second-order valence-corrected chi connectivity index (χ2v) is 5.24. The summed E-state index contributed by atoms with van der Waals surface area (Å²) in [6.45, 7) is 5.16. The van der Waals surface area contributed by atoms with E-state index in [1.807, 2.05) is 13.8 Å². The summed E-state index contributed by atoms with van der Waals surface area (Å²) < 4.78 is 12.9.